The van der Waals surface area contributed by atoms with Crippen LogP contribution in [-0.2, 0) is 4.74 Å². The second-order valence-corrected chi connectivity index (χ2v) is 3.12. The van der Waals surface area contributed by atoms with Gasteiger partial charge in [0.25, 0.3) is 0 Å². The van der Waals surface area contributed by atoms with Crippen LogP contribution in [-0.4, -0.2) is 18.8 Å². The van der Waals surface area contributed by atoms with Crippen molar-refractivity contribution in [1.82, 2.24) is 0 Å². The number of hydrogen-bond acceptors (Lipinski definition) is 2. The third-order valence-electron chi connectivity index (χ3n) is 1.96. The molecule has 2 nitrogen and oxygen atoms in total. The lowest BCUT2D eigenvalue weighted by atomic mass is 10.1. The highest BCUT2D eigenvalue weighted by Crippen LogP contribution is 2.35. The molecule has 0 spiro atoms. The fourth-order valence-electron chi connectivity index (χ4n) is 1.33. The maximum absolute atomic E-state index is 5.74. The van der Waals surface area contributed by atoms with Crippen LogP contribution < -0.4 is 5.73 Å². The molecule has 0 radical (unpaired) electrons. The Hall–Kier alpha value is -0.0800. The van der Waals surface area contributed by atoms with E-state index >= 15 is 0 Å². The summed E-state index contributed by atoms with van der Waals surface area (Å²) in [5.41, 5.74) is 5.74. The molecule has 0 aromatic carbocycles. The minimum absolute atomic E-state index is 0.201. The van der Waals surface area contributed by atoms with E-state index in [-0.39, 0.29) is 6.04 Å². The fourth-order valence-corrected chi connectivity index (χ4v) is 1.33. The second kappa shape index (κ2) is 3.35. The van der Waals surface area contributed by atoms with Crippen molar-refractivity contribution >= 4 is 0 Å². The first-order valence-electron chi connectivity index (χ1n) is 4.13. The Labute approximate surface area is 62.7 Å². The first kappa shape index (κ1) is 8.02. The van der Waals surface area contributed by atoms with Gasteiger partial charge in [0, 0.05) is 12.6 Å². The molecule has 0 aromatic rings. The van der Waals surface area contributed by atoms with Crippen LogP contribution in [0.5, 0.6) is 0 Å². The Morgan fingerprint density at radius 2 is 2.20 bits per heavy atom. The highest BCUT2D eigenvalue weighted by molar-refractivity contribution is 4.86. The van der Waals surface area contributed by atoms with Crippen molar-refractivity contribution in [2.75, 3.05) is 6.61 Å². The van der Waals surface area contributed by atoms with E-state index in [0.29, 0.717) is 6.10 Å². The zero-order chi connectivity index (χ0) is 7.56. The zero-order valence-corrected chi connectivity index (χ0v) is 6.84. The Morgan fingerprint density at radius 1 is 1.60 bits per heavy atom. The molecule has 0 amide bonds. The number of nitrogens with two attached hydrogens (primary N) is 1. The van der Waals surface area contributed by atoms with Crippen LogP contribution in [0.3, 0.4) is 0 Å². The van der Waals surface area contributed by atoms with E-state index in [2.05, 4.69) is 0 Å². The van der Waals surface area contributed by atoms with Gasteiger partial charge in [-0.1, -0.05) is 0 Å². The fraction of sp³-hybridized carbons (Fsp3) is 1.00. The number of rotatable bonds is 4. The molecule has 0 bridgehead atoms. The summed E-state index contributed by atoms with van der Waals surface area (Å²) in [6.07, 6.45) is 2.95. The van der Waals surface area contributed by atoms with Crippen molar-refractivity contribution in [3.05, 3.63) is 0 Å². The van der Waals surface area contributed by atoms with Gasteiger partial charge < -0.3 is 10.5 Å². The van der Waals surface area contributed by atoms with E-state index in [4.69, 9.17) is 10.5 Å². The van der Waals surface area contributed by atoms with Gasteiger partial charge in [-0.25, -0.2) is 0 Å². The van der Waals surface area contributed by atoms with Gasteiger partial charge >= 0.3 is 0 Å². The summed E-state index contributed by atoms with van der Waals surface area (Å²) in [5.74, 6) is 0.764. The van der Waals surface area contributed by atoms with Crippen LogP contribution in [0.15, 0.2) is 0 Å². The third-order valence-corrected chi connectivity index (χ3v) is 1.96. The van der Waals surface area contributed by atoms with Gasteiger partial charge in [-0.05, 0) is 32.6 Å². The van der Waals surface area contributed by atoms with Crippen molar-refractivity contribution in [2.24, 2.45) is 11.7 Å². The smallest absolute Gasteiger partial charge is 0.0751 e. The predicted octanol–water partition coefficient (Wildman–Crippen LogP) is 1.15. The lowest BCUT2D eigenvalue weighted by Crippen LogP contribution is -2.35. The average Bonchev–Trinajstić information content (AvgIpc) is 2.63. The Bertz CT molecular complexity index is 97.4. The summed E-state index contributed by atoms with van der Waals surface area (Å²) in [7, 11) is 0. The average molecular weight is 143 g/mol. The van der Waals surface area contributed by atoms with Gasteiger partial charge in [-0.3, -0.25) is 0 Å². The third kappa shape index (κ3) is 1.96. The SMILES string of the molecule is CCOC(C1CC1)[C@@H](C)N. The van der Waals surface area contributed by atoms with E-state index in [9.17, 15) is 0 Å². The van der Waals surface area contributed by atoms with Gasteiger partial charge in [0.1, 0.15) is 0 Å². The molecule has 60 valence electrons. The molecule has 1 fully saturated rings. The summed E-state index contributed by atoms with van der Waals surface area (Å²) in [4.78, 5) is 0. The molecule has 0 saturated heterocycles. The van der Waals surface area contributed by atoms with Crippen molar-refractivity contribution in [2.45, 2.75) is 38.8 Å². The van der Waals surface area contributed by atoms with Gasteiger partial charge in [-0.15, -0.1) is 0 Å². The normalized spacial score (nSPS) is 24.3. The molecule has 1 rings (SSSR count). The Kier molecular flexibility index (Phi) is 2.69. The van der Waals surface area contributed by atoms with E-state index in [1.165, 1.54) is 12.8 Å². The molecule has 1 aliphatic carbocycles. The monoisotopic (exact) mass is 143 g/mol. The molecule has 2 N–H and O–H groups in total. The van der Waals surface area contributed by atoms with Crippen LogP contribution in [0, 0.1) is 5.92 Å². The van der Waals surface area contributed by atoms with Crippen LogP contribution in [0.25, 0.3) is 0 Å². The zero-order valence-electron chi connectivity index (χ0n) is 6.84. The second-order valence-electron chi connectivity index (χ2n) is 3.12. The highest BCUT2D eigenvalue weighted by Gasteiger charge is 2.33. The molecule has 2 heteroatoms. The van der Waals surface area contributed by atoms with Crippen molar-refractivity contribution in [1.29, 1.82) is 0 Å². The summed E-state index contributed by atoms with van der Waals surface area (Å²) >= 11 is 0. The lowest BCUT2D eigenvalue weighted by molar-refractivity contribution is 0.0328. The topological polar surface area (TPSA) is 35.2 Å². The highest BCUT2D eigenvalue weighted by atomic mass is 16.5. The van der Waals surface area contributed by atoms with Gasteiger partial charge in [-0.2, -0.15) is 0 Å². The number of hydrogen-bond donors (Lipinski definition) is 1. The minimum Gasteiger partial charge on any atom is -0.377 e. The van der Waals surface area contributed by atoms with Crippen molar-refractivity contribution < 1.29 is 4.74 Å². The summed E-state index contributed by atoms with van der Waals surface area (Å²) in [6.45, 7) is 4.85. The van der Waals surface area contributed by atoms with Crippen LogP contribution >= 0.6 is 0 Å². The molecule has 1 unspecified atom stereocenters. The summed E-state index contributed by atoms with van der Waals surface area (Å²) < 4.78 is 5.50. The van der Waals surface area contributed by atoms with Gasteiger partial charge in [0.05, 0.1) is 6.10 Å². The number of ether oxygens (including phenoxy) is 1. The van der Waals surface area contributed by atoms with Crippen molar-refractivity contribution in [3.8, 4) is 0 Å². The molecule has 1 aliphatic rings. The maximum Gasteiger partial charge on any atom is 0.0751 e. The van der Waals surface area contributed by atoms with E-state index < -0.39 is 0 Å². The minimum atomic E-state index is 0.201. The van der Waals surface area contributed by atoms with E-state index in [1.54, 1.807) is 0 Å². The van der Waals surface area contributed by atoms with Gasteiger partial charge in [0.15, 0.2) is 0 Å². The molecule has 0 aliphatic heterocycles. The van der Waals surface area contributed by atoms with Gasteiger partial charge in [0.2, 0.25) is 0 Å². The first-order chi connectivity index (χ1) is 4.75. The van der Waals surface area contributed by atoms with Crippen molar-refractivity contribution in [3.63, 3.8) is 0 Å². The largest absolute Gasteiger partial charge is 0.377 e. The Morgan fingerprint density at radius 3 is 2.50 bits per heavy atom. The van der Waals surface area contributed by atoms with E-state index in [1.807, 2.05) is 13.8 Å². The van der Waals surface area contributed by atoms with Crippen LogP contribution in [0.2, 0.25) is 0 Å². The Balaban J connectivity index is 2.26. The standard InChI is InChI=1S/C8H17NO/c1-3-10-8(6(2)9)7-4-5-7/h6-8H,3-5,9H2,1-2H3/t6-,8?/m1/s1. The first-order valence-corrected chi connectivity index (χ1v) is 4.13. The molecule has 1 saturated carbocycles. The molecule has 2 atom stereocenters. The molecule has 0 heterocycles. The van der Waals surface area contributed by atoms with Crippen LogP contribution in [0.1, 0.15) is 26.7 Å². The molecule has 10 heavy (non-hydrogen) atoms. The molecular weight excluding hydrogens is 126 g/mol. The quantitative estimate of drug-likeness (QED) is 0.640. The lowest BCUT2D eigenvalue weighted by Gasteiger charge is -2.19. The predicted molar refractivity (Wildman–Crippen MR) is 41.8 cm³/mol. The molecular formula is C8H17NO. The maximum atomic E-state index is 5.74. The van der Waals surface area contributed by atoms with E-state index in [0.717, 1.165) is 12.5 Å². The molecule has 0 aromatic heterocycles. The van der Waals surface area contributed by atoms with Crippen LogP contribution in [0.4, 0.5) is 0 Å². The summed E-state index contributed by atoms with van der Waals surface area (Å²) in [6, 6.07) is 0.201. The summed E-state index contributed by atoms with van der Waals surface area (Å²) in [5, 5.41) is 0.